The van der Waals surface area contributed by atoms with Gasteiger partial charge in [0, 0.05) is 5.41 Å². The van der Waals surface area contributed by atoms with Crippen molar-refractivity contribution in [1.82, 2.24) is 0 Å². The first-order chi connectivity index (χ1) is 21.3. The van der Waals surface area contributed by atoms with Crippen LogP contribution in [0.2, 0.25) is 0 Å². The van der Waals surface area contributed by atoms with Crippen LogP contribution in [0.4, 0.5) is 0 Å². The maximum atomic E-state index is 12.4. The summed E-state index contributed by atoms with van der Waals surface area (Å²) in [5.41, 5.74) is 0.0648. The predicted octanol–water partition coefficient (Wildman–Crippen LogP) is 8.21. The van der Waals surface area contributed by atoms with E-state index in [4.69, 9.17) is 23.7 Å². The number of carbonyl (C=O) groups is 2. The average Bonchev–Trinajstić information content (AvgIpc) is 3.75. The Morgan fingerprint density at radius 2 is 1.31 bits per heavy atom. The van der Waals surface area contributed by atoms with Gasteiger partial charge in [-0.1, -0.05) is 54.4 Å². The molecule has 4 aliphatic carbocycles. The van der Waals surface area contributed by atoms with Gasteiger partial charge in [0.1, 0.15) is 5.76 Å². The summed E-state index contributed by atoms with van der Waals surface area (Å²) in [6.07, 6.45) is 10.2. The van der Waals surface area contributed by atoms with Crippen molar-refractivity contribution >= 4 is 11.9 Å². The Hall–Kier alpha value is -1.60. The van der Waals surface area contributed by atoms with Crippen LogP contribution in [0.25, 0.3) is 0 Å². The van der Waals surface area contributed by atoms with E-state index >= 15 is 0 Å². The van der Waals surface area contributed by atoms with Crippen LogP contribution in [0, 0.1) is 64.6 Å². The van der Waals surface area contributed by atoms with E-state index < -0.39 is 5.79 Å². The largest absolute Gasteiger partial charge is 0.498 e. The molecule has 0 N–H and O–H groups in total. The lowest BCUT2D eigenvalue weighted by Crippen LogP contribution is -2.48. The zero-order chi connectivity index (χ0) is 32.9. The molecule has 5 fully saturated rings. The first-order valence-corrected chi connectivity index (χ1v) is 18.2. The molecule has 45 heavy (non-hydrogen) atoms. The fourth-order valence-electron chi connectivity index (χ4n) is 9.34. The Balaban J connectivity index is 0.000000215. The molecule has 0 aromatic carbocycles. The summed E-state index contributed by atoms with van der Waals surface area (Å²) < 4.78 is 28.2. The van der Waals surface area contributed by atoms with Gasteiger partial charge in [-0.3, -0.25) is 4.79 Å². The molecule has 7 nitrogen and oxygen atoms in total. The summed E-state index contributed by atoms with van der Waals surface area (Å²) >= 11 is 0. The third-order valence-electron chi connectivity index (χ3n) is 12.7. The second-order valence-corrected chi connectivity index (χ2v) is 16.1. The van der Waals surface area contributed by atoms with E-state index in [1.165, 1.54) is 44.6 Å². The van der Waals surface area contributed by atoms with Gasteiger partial charge < -0.3 is 23.7 Å². The number of rotatable bonds is 12. The van der Waals surface area contributed by atoms with E-state index in [0.29, 0.717) is 50.6 Å². The molecule has 0 aromatic heterocycles. The molecule has 1 aliphatic heterocycles. The number of unbranched alkanes of at least 4 members (excludes halogenated alkanes) is 1. The van der Waals surface area contributed by atoms with Crippen LogP contribution in [0.3, 0.4) is 0 Å². The molecule has 10 atom stereocenters. The van der Waals surface area contributed by atoms with Crippen LogP contribution in [0.1, 0.15) is 114 Å². The third-order valence-corrected chi connectivity index (χ3v) is 12.7. The smallest absolute Gasteiger partial charge is 0.334 e. The molecule has 0 spiro atoms. The molecule has 0 aromatic rings. The van der Waals surface area contributed by atoms with Crippen LogP contribution < -0.4 is 0 Å². The number of allylic oxidation sites excluding steroid dienone is 1. The van der Waals surface area contributed by atoms with E-state index in [1.807, 2.05) is 13.8 Å². The van der Waals surface area contributed by atoms with Crippen molar-refractivity contribution in [2.45, 2.75) is 119 Å². The summed E-state index contributed by atoms with van der Waals surface area (Å²) in [6, 6.07) is 0. The second kappa shape index (κ2) is 15.5. The lowest BCUT2D eigenvalue weighted by atomic mass is 9.76. The number of carbonyl (C=O) groups excluding carboxylic acids is 2. The molecule has 7 heteroatoms. The molecule has 0 amide bonds. The van der Waals surface area contributed by atoms with Gasteiger partial charge in [0.15, 0.2) is 5.79 Å². The summed E-state index contributed by atoms with van der Waals surface area (Å²) in [5, 5.41) is 0. The summed E-state index contributed by atoms with van der Waals surface area (Å²) in [4.78, 5) is 24.0. The second-order valence-electron chi connectivity index (χ2n) is 16.1. The first kappa shape index (κ1) is 36.2. The number of hydrogen-bond donors (Lipinski definition) is 0. The van der Waals surface area contributed by atoms with Crippen molar-refractivity contribution < 1.29 is 33.3 Å². The van der Waals surface area contributed by atoms with Crippen molar-refractivity contribution in [1.29, 1.82) is 0 Å². The number of ether oxygens (including phenoxy) is 5. The summed E-state index contributed by atoms with van der Waals surface area (Å²) in [6.45, 7) is 22.5. The van der Waals surface area contributed by atoms with Crippen LogP contribution in [-0.2, 0) is 33.3 Å². The highest BCUT2D eigenvalue weighted by Gasteiger charge is 2.50. The van der Waals surface area contributed by atoms with Gasteiger partial charge in [0.2, 0.25) is 0 Å². The molecule has 0 radical (unpaired) electrons. The lowest BCUT2D eigenvalue weighted by molar-refractivity contribution is -0.294. The van der Waals surface area contributed by atoms with Crippen molar-refractivity contribution in [2.24, 2.45) is 64.6 Å². The minimum absolute atomic E-state index is 0.0648. The minimum atomic E-state index is -0.834. The van der Waals surface area contributed by atoms with Crippen molar-refractivity contribution in [2.75, 3.05) is 33.0 Å². The summed E-state index contributed by atoms with van der Waals surface area (Å²) in [5.74, 6) is 6.85. The van der Waals surface area contributed by atoms with Gasteiger partial charge >= 0.3 is 11.9 Å². The zero-order valence-corrected chi connectivity index (χ0v) is 29.9. The zero-order valence-electron chi connectivity index (χ0n) is 29.9. The van der Waals surface area contributed by atoms with E-state index in [0.717, 1.165) is 53.8 Å². The first-order valence-electron chi connectivity index (χ1n) is 18.2. The monoisotopic (exact) mass is 632 g/mol. The molecule has 5 rings (SSSR count). The highest BCUT2D eigenvalue weighted by Crippen LogP contribution is 2.56. The average molecular weight is 633 g/mol. The quantitative estimate of drug-likeness (QED) is 0.122. The van der Waals surface area contributed by atoms with Gasteiger partial charge in [-0.15, -0.1) is 0 Å². The Morgan fingerprint density at radius 1 is 0.778 bits per heavy atom. The summed E-state index contributed by atoms with van der Waals surface area (Å²) in [7, 11) is 0. The normalized spacial score (nSPS) is 41.8. The van der Waals surface area contributed by atoms with Crippen molar-refractivity contribution in [3.63, 3.8) is 0 Å². The van der Waals surface area contributed by atoms with Crippen LogP contribution in [0.5, 0.6) is 0 Å². The SMILES string of the molecule is CCCCC1(C)COC(C)(CC(=O)OCC2CC3CC2C(C)C3C)OC1.CCO/C(C)=C/C(=O)OCC1CC2CC1C(C)C2C. The minimum Gasteiger partial charge on any atom is -0.498 e. The third kappa shape index (κ3) is 9.06. The molecule has 1 heterocycles. The standard InChI is InChI=1S/C22H38O4.C16H26O3/c1-6-7-8-21(4)13-25-22(5,26-14-21)11-20(23)24-12-18-9-17-10-19(18)16(3)15(17)2;1-5-18-10(2)6-16(17)19-9-14-7-13-8-15(14)12(4)11(13)3/h15-19H,6-14H2,1-5H3;6,11-15H,5,7-9H2,1-4H3/b;10-6+. The van der Waals surface area contributed by atoms with E-state index in [2.05, 4.69) is 41.5 Å². The molecular weight excluding hydrogens is 568 g/mol. The number of fused-ring (bicyclic) bond motifs is 4. The predicted molar refractivity (Wildman–Crippen MR) is 176 cm³/mol. The lowest BCUT2D eigenvalue weighted by Gasteiger charge is -2.43. The molecule has 5 aliphatic rings. The Kier molecular flexibility index (Phi) is 12.5. The van der Waals surface area contributed by atoms with Gasteiger partial charge in [-0.2, -0.15) is 0 Å². The number of hydrogen-bond acceptors (Lipinski definition) is 7. The molecule has 258 valence electrons. The van der Waals surface area contributed by atoms with E-state index in [-0.39, 0.29) is 23.8 Å². The van der Waals surface area contributed by atoms with Gasteiger partial charge in [0.05, 0.1) is 45.5 Å². The Bertz CT molecular complexity index is 1010. The van der Waals surface area contributed by atoms with Gasteiger partial charge in [-0.05, 0) is 112 Å². The molecule has 4 saturated carbocycles. The maximum absolute atomic E-state index is 12.4. The fourth-order valence-corrected chi connectivity index (χ4v) is 9.34. The van der Waals surface area contributed by atoms with Crippen molar-refractivity contribution in [3.8, 4) is 0 Å². The van der Waals surface area contributed by atoms with Gasteiger partial charge in [0.25, 0.3) is 0 Å². The van der Waals surface area contributed by atoms with Crippen LogP contribution in [0.15, 0.2) is 11.8 Å². The highest BCUT2D eigenvalue weighted by atomic mass is 16.7. The van der Waals surface area contributed by atoms with Crippen LogP contribution in [-0.4, -0.2) is 50.8 Å². The Labute approximate surface area is 273 Å². The fraction of sp³-hybridized carbons (Fsp3) is 0.895. The molecule has 1 saturated heterocycles. The Morgan fingerprint density at radius 3 is 1.78 bits per heavy atom. The number of esters is 2. The van der Waals surface area contributed by atoms with E-state index in [1.54, 1.807) is 6.92 Å². The molecule has 10 unspecified atom stereocenters. The van der Waals surface area contributed by atoms with E-state index in [9.17, 15) is 9.59 Å². The molecular formula is C38H64O7. The molecule has 4 bridgehead atoms. The highest BCUT2D eigenvalue weighted by molar-refractivity contribution is 5.82. The topological polar surface area (TPSA) is 80.3 Å². The maximum Gasteiger partial charge on any atom is 0.334 e. The van der Waals surface area contributed by atoms with Gasteiger partial charge in [-0.25, -0.2) is 4.79 Å². The van der Waals surface area contributed by atoms with Crippen LogP contribution >= 0.6 is 0 Å². The van der Waals surface area contributed by atoms with Crippen molar-refractivity contribution in [3.05, 3.63) is 11.8 Å².